The highest BCUT2D eigenvalue weighted by Crippen LogP contribution is 2.64. The van der Waals surface area contributed by atoms with E-state index in [9.17, 15) is 4.79 Å². The third kappa shape index (κ3) is 2.64. The summed E-state index contributed by atoms with van der Waals surface area (Å²) in [6.45, 7) is 7.53. The van der Waals surface area contributed by atoms with Crippen LogP contribution < -0.4 is 9.64 Å². The molecule has 1 amide bonds. The highest BCUT2D eigenvalue weighted by atomic mass is 16.5. The zero-order chi connectivity index (χ0) is 18.4. The van der Waals surface area contributed by atoms with E-state index < -0.39 is 0 Å². The molecule has 0 radical (unpaired) electrons. The molecule has 3 atom stereocenters. The van der Waals surface area contributed by atoms with Crippen molar-refractivity contribution >= 4 is 11.8 Å². The first-order chi connectivity index (χ1) is 12.5. The van der Waals surface area contributed by atoms with Crippen molar-refractivity contribution in [2.75, 3.05) is 25.2 Å². The molecule has 1 fully saturated rings. The first kappa shape index (κ1) is 16.9. The van der Waals surface area contributed by atoms with E-state index in [1.807, 2.05) is 25.4 Å². The van der Waals surface area contributed by atoms with Crippen LogP contribution in [0.4, 0.5) is 10.5 Å². The largest absolute Gasteiger partial charge is 0.493 e. The molecular weight excluding hydrogens is 330 g/mol. The fraction of sp³-hybridized carbons (Fsp3) is 0.500. The Labute approximate surface area is 153 Å². The molecule has 4 rings (SSSR count). The third-order valence-corrected chi connectivity index (χ3v) is 5.53. The Bertz CT molecular complexity index is 829. The van der Waals surface area contributed by atoms with Gasteiger partial charge in [0.15, 0.2) is 0 Å². The molecule has 6 nitrogen and oxygen atoms in total. The van der Waals surface area contributed by atoms with Crippen LogP contribution in [0, 0.1) is 5.92 Å². The zero-order valence-corrected chi connectivity index (χ0v) is 15.7. The molecular formula is C20H25N3O3. The minimum absolute atomic E-state index is 0.344. The van der Waals surface area contributed by atoms with E-state index in [2.05, 4.69) is 35.7 Å². The van der Waals surface area contributed by atoms with Gasteiger partial charge in [-0.15, -0.1) is 0 Å². The minimum atomic E-state index is -0.344. The molecule has 2 aliphatic rings. The maximum Gasteiger partial charge on any atom is 0.413 e. The van der Waals surface area contributed by atoms with Crippen molar-refractivity contribution in [1.82, 2.24) is 9.55 Å². The molecule has 1 aromatic heterocycles. The van der Waals surface area contributed by atoms with Crippen LogP contribution in [0.25, 0.3) is 0 Å². The Morgan fingerprint density at radius 2 is 2.23 bits per heavy atom. The lowest BCUT2D eigenvalue weighted by atomic mass is 10.0. The molecule has 138 valence electrons. The summed E-state index contributed by atoms with van der Waals surface area (Å²) < 4.78 is 13.0. The Morgan fingerprint density at radius 3 is 2.88 bits per heavy atom. The van der Waals surface area contributed by atoms with Crippen LogP contribution in [0.15, 0.2) is 30.7 Å². The summed E-state index contributed by atoms with van der Waals surface area (Å²) >= 11 is 0. The van der Waals surface area contributed by atoms with E-state index in [-0.39, 0.29) is 6.09 Å². The van der Waals surface area contributed by atoms with Crippen LogP contribution in [0.5, 0.6) is 5.75 Å². The Kier molecular flexibility index (Phi) is 4.13. The molecule has 1 aliphatic carbocycles. The van der Waals surface area contributed by atoms with Gasteiger partial charge in [0.2, 0.25) is 0 Å². The molecule has 0 bridgehead atoms. The molecule has 2 heterocycles. The van der Waals surface area contributed by atoms with Gasteiger partial charge in [-0.05, 0) is 39.0 Å². The summed E-state index contributed by atoms with van der Waals surface area (Å²) in [5, 5.41) is 0. The highest BCUT2D eigenvalue weighted by molar-refractivity contribution is 5.87. The quantitative estimate of drug-likeness (QED) is 0.833. The number of carbonyl (C=O) groups is 1. The lowest BCUT2D eigenvalue weighted by Gasteiger charge is -2.22. The lowest BCUT2D eigenvalue weighted by molar-refractivity contribution is 0.179. The van der Waals surface area contributed by atoms with Gasteiger partial charge in [-0.1, -0.05) is 0 Å². The number of carbonyl (C=O) groups excluding carboxylic acids is 1. The SMILES string of the molecule is CCN(C(=O)OC)c1ccc2c(c1)C1C(CO2)C1c1cn(C(C)C)cn1. The van der Waals surface area contributed by atoms with Crippen LogP contribution in [0.2, 0.25) is 0 Å². The summed E-state index contributed by atoms with van der Waals surface area (Å²) in [5.41, 5.74) is 3.15. The molecule has 0 N–H and O–H groups in total. The maximum atomic E-state index is 12.0. The van der Waals surface area contributed by atoms with Gasteiger partial charge in [0.1, 0.15) is 5.75 Å². The summed E-state index contributed by atoms with van der Waals surface area (Å²) in [6, 6.07) is 6.37. The predicted octanol–water partition coefficient (Wildman–Crippen LogP) is 3.95. The van der Waals surface area contributed by atoms with Gasteiger partial charge in [-0.3, -0.25) is 4.90 Å². The summed E-state index contributed by atoms with van der Waals surface area (Å²) in [4.78, 5) is 18.3. The van der Waals surface area contributed by atoms with Crippen molar-refractivity contribution in [1.29, 1.82) is 0 Å². The number of hydrogen-bond donors (Lipinski definition) is 0. The zero-order valence-electron chi connectivity index (χ0n) is 15.7. The van der Waals surface area contributed by atoms with E-state index in [1.54, 1.807) is 4.90 Å². The van der Waals surface area contributed by atoms with Gasteiger partial charge >= 0.3 is 6.09 Å². The fourth-order valence-corrected chi connectivity index (χ4v) is 4.02. The molecule has 1 aromatic carbocycles. The van der Waals surface area contributed by atoms with Gasteiger partial charge < -0.3 is 14.0 Å². The molecule has 6 heteroatoms. The molecule has 2 aromatic rings. The highest BCUT2D eigenvalue weighted by Gasteiger charge is 2.56. The average Bonchev–Trinajstić information content (AvgIpc) is 3.18. The number of hydrogen-bond acceptors (Lipinski definition) is 4. The van der Waals surface area contributed by atoms with Gasteiger partial charge in [-0.2, -0.15) is 0 Å². The molecule has 0 spiro atoms. The number of rotatable bonds is 4. The number of nitrogens with zero attached hydrogens (tertiary/aromatic N) is 3. The smallest absolute Gasteiger partial charge is 0.413 e. The van der Waals surface area contributed by atoms with E-state index >= 15 is 0 Å². The van der Waals surface area contributed by atoms with Gasteiger partial charge in [0.05, 0.1) is 25.7 Å². The van der Waals surface area contributed by atoms with Crippen molar-refractivity contribution in [3.63, 3.8) is 0 Å². The number of ether oxygens (including phenoxy) is 2. The van der Waals surface area contributed by atoms with E-state index in [1.165, 1.54) is 12.7 Å². The van der Waals surface area contributed by atoms with Gasteiger partial charge in [0, 0.05) is 47.8 Å². The van der Waals surface area contributed by atoms with Crippen molar-refractivity contribution in [3.8, 4) is 5.75 Å². The molecule has 1 aliphatic heterocycles. The number of anilines is 1. The summed E-state index contributed by atoms with van der Waals surface area (Å²) in [7, 11) is 1.41. The average molecular weight is 355 g/mol. The predicted molar refractivity (Wildman–Crippen MR) is 98.9 cm³/mol. The van der Waals surface area contributed by atoms with Crippen molar-refractivity contribution in [2.45, 2.75) is 38.6 Å². The Hall–Kier alpha value is -2.50. The number of aromatic nitrogens is 2. The second kappa shape index (κ2) is 6.34. The molecule has 26 heavy (non-hydrogen) atoms. The van der Waals surface area contributed by atoms with Crippen LogP contribution in [0.3, 0.4) is 0 Å². The van der Waals surface area contributed by atoms with E-state index in [0.717, 1.165) is 23.7 Å². The lowest BCUT2D eigenvalue weighted by Crippen LogP contribution is -2.30. The van der Waals surface area contributed by atoms with Crippen LogP contribution in [-0.2, 0) is 4.74 Å². The first-order valence-corrected chi connectivity index (χ1v) is 9.20. The van der Waals surface area contributed by atoms with E-state index in [4.69, 9.17) is 9.47 Å². The molecule has 1 saturated carbocycles. The third-order valence-electron chi connectivity index (χ3n) is 5.53. The maximum absolute atomic E-state index is 12.0. The second-order valence-corrected chi connectivity index (χ2v) is 7.30. The molecule has 3 unspecified atom stereocenters. The van der Waals surface area contributed by atoms with Crippen LogP contribution in [0.1, 0.15) is 49.9 Å². The molecule has 0 saturated heterocycles. The Morgan fingerprint density at radius 1 is 1.42 bits per heavy atom. The Balaban J connectivity index is 1.64. The number of methoxy groups -OCH3 is 1. The monoisotopic (exact) mass is 355 g/mol. The van der Waals surface area contributed by atoms with Crippen LogP contribution in [-0.4, -0.2) is 35.9 Å². The fourth-order valence-electron chi connectivity index (χ4n) is 4.02. The van der Waals surface area contributed by atoms with E-state index in [0.29, 0.717) is 30.3 Å². The van der Waals surface area contributed by atoms with Crippen molar-refractivity contribution in [3.05, 3.63) is 42.0 Å². The van der Waals surface area contributed by atoms with Crippen LogP contribution >= 0.6 is 0 Å². The number of benzene rings is 1. The summed E-state index contributed by atoms with van der Waals surface area (Å²) in [5.74, 6) is 2.17. The number of amides is 1. The summed E-state index contributed by atoms with van der Waals surface area (Å²) in [6.07, 6.45) is 3.73. The second-order valence-electron chi connectivity index (χ2n) is 7.30. The van der Waals surface area contributed by atoms with Crippen molar-refractivity contribution < 1.29 is 14.3 Å². The topological polar surface area (TPSA) is 56.6 Å². The van der Waals surface area contributed by atoms with Gasteiger partial charge in [0.25, 0.3) is 0 Å². The minimum Gasteiger partial charge on any atom is -0.493 e. The standard InChI is InChI=1S/C20H25N3O3/c1-5-23(20(24)25-4)13-6-7-17-14(8-13)18-15(10-26-17)19(18)16-9-22(11-21-16)12(2)3/h6-9,11-12,15,18-19H,5,10H2,1-4H3. The number of fused-ring (bicyclic) bond motifs is 3. The number of imidazole rings is 1. The normalized spacial score (nSPS) is 23.0. The first-order valence-electron chi connectivity index (χ1n) is 9.20. The van der Waals surface area contributed by atoms with Crippen molar-refractivity contribution in [2.24, 2.45) is 5.92 Å². The van der Waals surface area contributed by atoms with Gasteiger partial charge in [-0.25, -0.2) is 9.78 Å².